The molecule has 0 spiro atoms. The molecule has 0 saturated carbocycles. The smallest absolute Gasteiger partial charge is 0.226 e. The lowest BCUT2D eigenvalue weighted by Crippen LogP contribution is -2.13. The van der Waals surface area contributed by atoms with Crippen molar-refractivity contribution >= 4 is 49.2 Å². The normalized spacial score (nSPS) is 11.1. The zero-order chi connectivity index (χ0) is 16.4. The van der Waals surface area contributed by atoms with Gasteiger partial charge in [0, 0.05) is 28.6 Å². The van der Waals surface area contributed by atoms with Crippen LogP contribution in [-0.2, 0) is 17.6 Å². The molecule has 7 heteroatoms. The van der Waals surface area contributed by atoms with E-state index in [0.717, 1.165) is 37.4 Å². The Hall–Kier alpha value is -1.73. The number of thiazole rings is 1. The van der Waals surface area contributed by atoms with Crippen LogP contribution in [0.15, 0.2) is 22.7 Å². The molecule has 2 aromatic heterocycles. The minimum Gasteiger partial charge on any atom is -0.309 e. The summed E-state index contributed by atoms with van der Waals surface area (Å²) < 4.78 is 2.15. The summed E-state index contributed by atoms with van der Waals surface area (Å²) in [4.78, 5) is 16.7. The van der Waals surface area contributed by atoms with Gasteiger partial charge >= 0.3 is 0 Å². The minimum atomic E-state index is -0.0392. The number of carbonyl (C=O) groups is 1. The number of halogens is 1. The third-order valence-corrected chi connectivity index (χ3v) is 5.27. The SMILES string of the molecule is CCc1[nH]nc(NC(=O)CCc2nc3cc(Br)ccc3s2)c1C. The van der Waals surface area contributed by atoms with E-state index in [4.69, 9.17) is 0 Å². The molecule has 3 aromatic rings. The number of carbonyl (C=O) groups excluding carboxylic acids is 1. The number of aromatic amines is 1. The van der Waals surface area contributed by atoms with Crippen molar-refractivity contribution < 1.29 is 4.79 Å². The molecule has 0 aliphatic heterocycles. The Bertz CT molecular complexity index is 855. The number of hydrogen-bond acceptors (Lipinski definition) is 4. The van der Waals surface area contributed by atoms with Gasteiger partial charge in [0.15, 0.2) is 5.82 Å². The van der Waals surface area contributed by atoms with Crippen LogP contribution < -0.4 is 5.32 Å². The Morgan fingerprint density at radius 2 is 2.26 bits per heavy atom. The van der Waals surface area contributed by atoms with Crippen LogP contribution in [0.4, 0.5) is 5.82 Å². The van der Waals surface area contributed by atoms with E-state index in [0.29, 0.717) is 18.7 Å². The molecule has 0 aliphatic carbocycles. The summed E-state index contributed by atoms with van der Waals surface area (Å²) in [6.45, 7) is 4.01. The van der Waals surface area contributed by atoms with Gasteiger partial charge in [0.1, 0.15) is 0 Å². The number of nitrogens with zero attached hydrogens (tertiary/aromatic N) is 2. The largest absolute Gasteiger partial charge is 0.309 e. The van der Waals surface area contributed by atoms with Crippen molar-refractivity contribution in [2.24, 2.45) is 0 Å². The molecule has 2 N–H and O–H groups in total. The standard InChI is InChI=1S/C16H17BrN4OS/c1-3-11-9(2)16(21-20-11)19-14(22)6-7-15-18-12-8-10(17)4-5-13(12)23-15/h4-5,8H,3,6-7H2,1-2H3,(H2,19,20,21,22). The van der Waals surface area contributed by atoms with E-state index in [9.17, 15) is 4.79 Å². The molecule has 0 atom stereocenters. The highest BCUT2D eigenvalue weighted by Crippen LogP contribution is 2.26. The first-order valence-corrected chi connectivity index (χ1v) is 9.06. The Labute approximate surface area is 146 Å². The maximum Gasteiger partial charge on any atom is 0.226 e. The summed E-state index contributed by atoms with van der Waals surface area (Å²) in [5, 5.41) is 10.9. The summed E-state index contributed by atoms with van der Waals surface area (Å²) in [5.41, 5.74) is 3.03. The molecule has 0 bridgehead atoms. The molecular formula is C16H17BrN4OS. The maximum atomic E-state index is 12.1. The topological polar surface area (TPSA) is 70.7 Å². The van der Waals surface area contributed by atoms with Gasteiger partial charge in [-0.15, -0.1) is 11.3 Å². The van der Waals surface area contributed by atoms with Crippen molar-refractivity contribution in [2.45, 2.75) is 33.1 Å². The van der Waals surface area contributed by atoms with Crippen LogP contribution >= 0.6 is 27.3 Å². The van der Waals surface area contributed by atoms with Crippen LogP contribution in [0.25, 0.3) is 10.2 Å². The molecular weight excluding hydrogens is 376 g/mol. The number of nitrogens with one attached hydrogen (secondary N) is 2. The fourth-order valence-electron chi connectivity index (χ4n) is 2.37. The molecule has 120 valence electrons. The van der Waals surface area contributed by atoms with Gasteiger partial charge in [-0.2, -0.15) is 5.10 Å². The van der Waals surface area contributed by atoms with Crippen molar-refractivity contribution in [3.8, 4) is 0 Å². The maximum absolute atomic E-state index is 12.1. The van der Waals surface area contributed by atoms with Gasteiger partial charge in [0.25, 0.3) is 0 Å². The molecule has 0 fully saturated rings. The van der Waals surface area contributed by atoms with E-state index in [1.54, 1.807) is 11.3 Å². The number of benzene rings is 1. The number of aryl methyl sites for hydroxylation is 2. The Morgan fingerprint density at radius 1 is 1.43 bits per heavy atom. The summed E-state index contributed by atoms with van der Waals surface area (Å²) in [6.07, 6.45) is 1.90. The second kappa shape index (κ2) is 6.80. The predicted molar refractivity (Wildman–Crippen MR) is 97.0 cm³/mol. The van der Waals surface area contributed by atoms with E-state index in [1.807, 2.05) is 25.1 Å². The predicted octanol–water partition coefficient (Wildman–Crippen LogP) is 4.22. The van der Waals surface area contributed by atoms with Crippen LogP contribution in [0, 0.1) is 6.92 Å². The van der Waals surface area contributed by atoms with Crippen LogP contribution in [0.1, 0.15) is 29.6 Å². The molecule has 0 aliphatic rings. The second-order valence-electron chi connectivity index (χ2n) is 5.30. The van der Waals surface area contributed by atoms with E-state index >= 15 is 0 Å². The second-order valence-corrected chi connectivity index (χ2v) is 7.33. The van der Waals surface area contributed by atoms with Crippen LogP contribution in [0.3, 0.4) is 0 Å². The Morgan fingerprint density at radius 3 is 3.00 bits per heavy atom. The van der Waals surface area contributed by atoms with E-state index in [1.165, 1.54) is 0 Å². The molecule has 5 nitrogen and oxygen atoms in total. The Kier molecular flexibility index (Phi) is 4.77. The molecule has 2 heterocycles. The van der Waals surface area contributed by atoms with E-state index in [2.05, 4.69) is 43.4 Å². The summed E-state index contributed by atoms with van der Waals surface area (Å²) >= 11 is 5.08. The average molecular weight is 393 g/mol. The number of fused-ring (bicyclic) bond motifs is 1. The highest BCUT2D eigenvalue weighted by molar-refractivity contribution is 9.10. The Balaban J connectivity index is 1.62. The van der Waals surface area contributed by atoms with E-state index in [-0.39, 0.29) is 5.91 Å². The average Bonchev–Trinajstić information content (AvgIpc) is 3.08. The lowest BCUT2D eigenvalue weighted by molar-refractivity contribution is -0.116. The number of hydrogen-bond donors (Lipinski definition) is 2. The number of rotatable bonds is 5. The number of amides is 1. The summed E-state index contributed by atoms with van der Waals surface area (Å²) in [7, 11) is 0. The van der Waals surface area contributed by atoms with Gasteiger partial charge in [0.05, 0.1) is 15.2 Å². The summed E-state index contributed by atoms with van der Waals surface area (Å²) in [5.74, 6) is 0.586. The molecule has 1 amide bonds. The van der Waals surface area contributed by atoms with E-state index < -0.39 is 0 Å². The van der Waals surface area contributed by atoms with Crippen molar-refractivity contribution in [1.29, 1.82) is 0 Å². The quantitative estimate of drug-likeness (QED) is 0.682. The molecule has 0 saturated heterocycles. The highest BCUT2D eigenvalue weighted by Gasteiger charge is 2.12. The monoisotopic (exact) mass is 392 g/mol. The number of anilines is 1. The lowest BCUT2D eigenvalue weighted by Gasteiger charge is -2.02. The van der Waals surface area contributed by atoms with Crippen molar-refractivity contribution in [3.05, 3.63) is 38.9 Å². The van der Waals surface area contributed by atoms with Gasteiger partial charge in [0.2, 0.25) is 5.91 Å². The van der Waals surface area contributed by atoms with Crippen molar-refractivity contribution in [3.63, 3.8) is 0 Å². The van der Waals surface area contributed by atoms with Gasteiger partial charge in [-0.1, -0.05) is 22.9 Å². The van der Waals surface area contributed by atoms with Crippen molar-refractivity contribution in [2.75, 3.05) is 5.32 Å². The van der Waals surface area contributed by atoms with Crippen LogP contribution in [-0.4, -0.2) is 21.1 Å². The fraction of sp³-hybridized carbons (Fsp3) is 0.312. The number of H-pyrrole nitrogens is 1. The zero-order valence-corrected chi connectivity index (χ0v) is 15.3. The van der Waals surface area contributed by atoms with Gasteiger partial charge in [-0.05, 0) is 31.5 Å². The zero-order valence-electron chi connectivity index (χ0n) is 12.9. The first-order valence-electron chi connectivity index (χ1n) is 7.45. The lowest BCUT2D eigenvalue weighted by atomic mass is 10.2. The molecule has 23 heavy (non-hydrogen) atoms. The first-order chi connectivity index (χ1) is 11.1. The number of aromatic nitrogens is 3. The fourth-order valence-corrected chi connectivity index (χ4v) is 3.67. The summed E-state index contributed by atoms with van der Waals surface area (Å²) in [6, 6.07) is 6.04. The third kappa shape index (κ3) is 3.61. The van der Waals surface area contributed by atoms with Crippen LogP contribution in [0.2, 0.25) is 0 Å². The minimum absolute atomic E-state index is 0.0392. The van der Waals surface area contributed by atoms with Gasteiger partial charge in [-0.25, -0.2) is 4.98 Å². The third-order valence-electron chi connectivity index (χ3n) is 3.68. The highest BCUT2D eigenvalue weighted by atomic mass is 79.9. The van der Waals surface area contributed by atoms with Crippen molar-refractivity contribution in [1.82, 2.24) is 15.2 Å². The molecule has 0 unspecified atom stereocenters. The molecule has 3 rings (SSSR count). The first kappa shape index (κ1) is 16.1. The van der Waals surface area contributed by atoms with Gasteiger partial charge in [-0.3, -0.25) is 9.89 Å². The molecule has 0 radical (unpaired) electrons. The van der Waals surface area contributed by atoms with Gasteiger partial charge < -0.3 is 5.32 Å². The van der Waals surface area contributed by atoms with Crippen LogP contribution in [0.5, 0.6) is 0 Å². The molecule has 1 aromatic carbocycles.